The van der Waals surface area contributed by atoms with Gasteiger partial charge in [-0.05, 0) is 18.6 Å². The van der Waals surface area contributed by atoms with Gasteiger partial charge in [-0.15, -0.1) is 5.10 Å². The lowest BCUT2D eigenvalue weighted by Crippen LogP contribution is -2.25. The molecule has 1 amide bonds. The minimum atomic E-state index is -0.151. The first kappa shape index (κ1) is 9.64. The van der Waals surface area contributed by atoms with Crippen molar-refractivity contribution >= 4 is 5.91 Å². The van der Waals surface area contributed by atoms with E-state index in [-0.39, 0.29) is 5.91 Å². The smallest absolute Gasteiger partial charge is 0.271 e. The van der Waals surface area contributed by atoms with Crippen LogP contribution in [0.25, 0.3) is 0 Å². The number of aromatic nitrogens is 2. The van der Waals surface area contributed by atoms with Gasteiger partial charge in [0.05, 0.1) is 0 Å². The predicted octanol–water partition coefficient (Wildman–Crippen LogP) is 1.01. The maximum Gasteiger partial charge on any atom is 0.271 e. The molecule has 0 saturated carbocycles. The third kappa shape index (κ3) is 3.19. The minimum Gasteiger partial charge on any atom is -0.351 e. The molecule has 4 heteroatoms. The monoisotopic (exact) mass is 179 g/mol. The number of nitrogens with zero attached hydrogens (tertiary/aromatic N) is 2. The molecule has 0 fully saturated rings. The molecule has 0 aromatic carbocycles. The lowest BCUT2D eigenvalue weighted by atomic mass is 10.3. The summed E-state index contributed by atoms with van der Waals surface area (Å²) in [4.78, 5) is 11.3. The zero-order chi connectivity index (χ0) is 9.52. The van der Waals surface area contributed by atoms with Crippen molar-refractivity contribution in [3.8, 4) is 0 Å². The molecule has 0 aliphatic heterocycles. The molecule has 1 N–H and O–H groups in total. The third-order valence-electron chi connectivity index (χ3n) is 1.62. The van der Waals surface area contributed by atoms with E-state index in [1.54, 1.807) is 18.3 Å². The number of hydrogen-bond donors (Lipinski definition) is 1. The zero-order valence-electron chi connectivity index (χ0n) is 7.66. The van der Waals surface area contributed by atoms with Crippen LogP contribution in [0.4, 0.5) is 0 Å². The average Bonchev–Trinajstić information content (AvgIpc) is 2.19. The molecule has 0 atom stereocenters. The van der Waals surface area contributed by atoms with Crippen LogP contribution in [-0.2, 0) is 0 Å². The van der Waals surface area contributed by atoms with Crippen molar-refractivity contribution in [2.45, 2.75) is 19.8 Å². The first-order valence-corrected chi connectivity index (χ1v) is 4.40. The highest BCUT2D eigenvalue weighted by Gasteiger charge is 2.04. The second kappa shape index (κ2) is 5.24. The number of rotatable bonds is 4. The molecule has 4 nitrogen and oxygen atoms in total. The molecule has 0 bridgehead atoms. The van der Waals surface area contributed by atoms with Crippen LogP contribution in [0.5, 0.6) is 0 Å². The SMILES string of the molecule is CCCCNC(=O)c1cccnn1. The third-order valence-corrected chi connectivity index (χ3v) is 1.62. The Morgan fingerprint density at radius 1 is 1.62 bits per heavy atom. The van der Waals surface area contributed by atoms with E-state index < -0.39 is 0 Å². The van der Waals surface area contributed by atoms with Crippen LogP contribution in [0.2, 0.25) is 0 Å². The Kier molecular flexibility index (Phi) is 3.88. The Hall–Kier alpha value is -1.45. The van der Waals surface area contributed by atoms with Crippen LogP contribution < -0.4 is 5.32 Å². The summed E-state index contributed by atoms with van der Waals surface area (Å²) >= 11 is 0. The predicted molar refractivity (Wildman–Crippen MR) is 49.3 cm³/mol. The molecule has 1 aromatic heterocycles. The average molecular weight is 179 g/mol. The van der Waals surface area contributed by atoms with Gasteiger partial charge in [-0.25, -0.2) is 0 Å². The molecule has 13 heavy (non-hydrogen) atoms. The number of hydrogen-bond acceptors (Lipinski definition) is 3. The first-order valence-electron chi connectivity index (χ1n) is 4.40. The van der Waals surface area contributed by atoms with Gasteiger partial charge in [0.25, 0.3) is 5.91 Å². The summed E-state index contributed by atoms with van der Waals surface area (Å²) in [6.07, 6.45) is 3.61. The topological polar surface area (TPSA) is 54.9 Å². The molecule has 0 unspecified atom stereocenters. The Morgan fingerprint density at radius 2 is 2.46 bits per heavy atom. The van der Waals surface area contributed by atoms with Crippen molar-refractivity contribution in [2.75, 3.05) is 6.54 Å². The van der Waals surface area contributed by atoms with Gasteiger partial charge in [-0.1, -0.05) is 13.3 Å². The van der Waals surface area contributed by atoms with Gasteiger partial charge < -0.3 is 5.32 Å². The molecular formula is C9H13N3O. The molecule has 0 saturated heterocycles. The van der Waals surface area contributed by atoms with Gasteiger partial charge in [0.15, 0.2) is 5.69 Å². The standard InChI is InChI=1S/C9H13N3O/c1-2-3-6-10-9(13)8-5-4-7-11-12-8/h4-5,7H,2-3,6H2,1H3,(H,10,13). The Morgan fingerprint density at radius 3 is 3.08 bits per heavy atom. The molecule has 0 aliphatic carbocycles. The zero-order valence-corrected chi connectivity index (χ0v) is 7.66. The maximum absolute atomic E-state index is 11.3. The van der Waals surface area contributed by atoms with E-state index in [1.807, 2.05) is 0 Å². The molecule has 0 spiro atoms. The highest BCUT2D eigenvalue weighted by molar-refractivity contribution is 5.91. The summed E-state index contributed by atoms with van der Waals surface area (Å²) in [5.41, 5.74) is 0.374. The molecule has 0 radical (unpaired) electrons. The van der Waals surface area contributed by atoms with Crippen molar-refractivity contribution in [1.29, 1.82) is 0 Å². The molecule has 1 heterocycles. The van der Waals surface area contributed by atoms with Crippen molar-refractivity contribution in [3.63, 3.8) is 0 Å². The number of nitrogens with one attached hydrogen (secondary N) is 1. The highest BCUT2D eigenvalue weighted by Crippen LogP contribution is 1.91. The minimum absolute atomic E-state index is 0.151. The van der Waals surface area contributed by atoms with E-state index in [0.29, 0.717) is 12.2 Å². The summed E-state index contributed by atoms with van der Waals surface area (Å²) in [5, 5.41) is 10.1. The van der Waals surface area contributed by atoms with E-state index >= 15 is 0 Å². The normalized spacial score (nSPS) is 9.62. The summed E-state index contributed by atoms with van der Waals surface area (Å²) in [5.74, 6) is -0.151. The molecule has 1 aromatic rings. The number of carbonyl (C=O) groups excluding carboxylic acids is 1. The number of unbranched alkanes of at least 4 members (excludes halogenated alkanes) is 1. The highest BCUT2D eigenvalue weighted by atomic mass is 16.1. The second-order valence-corrected chi connectivity index (χ2v) is 2.72. The maximum atomic E-state index is 11.3. The van der Waals surface area contributed by atoms with Crippen LogP contribution >= 0.6 is 0 Å². The van der Waals surface area contributed by atoms with Gasteiger partial charge >= 0.3 is 0 Å². The van der Waals surface area contributed by atoms with Crippen LogP contribution in [-0.4, -0.2) is 22.6 Å². The van der Waals surface area contributed by atoms with Crippen molar-refractivity contribution < 1.29 is 4.79 Å². The van der Waals surface area contributed by atoms with Crippen LogP contribution in [0, 0.1) is 0 Å². The molecule has 0 aliphatic rings. The number of amides is 1. The Balaban J connectivity index is 2.40. The van der Waals surface area contributed by atoms with Gasteiger partial charge in [0, 0.05) is 12.7 Å². The lowest BCUT2D eigenvalue weighted by molar-refractivity contribution is 0.0947. The summed E-state index contributed by atoms with van der Waals surface area (Å²) in [6, 6.07) is 3.34. The fraction of sp³-hybridized carbons (Fsp3) is 0.444. The Bertz CT molecular complexity index is 261. The summed E-state index contributed by atoms with van der Waals surface area (Å²) < 4.78 is 0. The molecule has 70 valence electrons. The number of carbonyl (C=O) groups is 1. The van der Waals surface area contributed by atoms with Crippen LogP contribution in [0.3, 0.4) is 0 Å². The van der Waals surface area contributed by atoms with Gasteiger partial charge in [-0.2, -0.15) is 5.10 Å². The van der Waals surface area contributed by atoms with Crippen LogP contribution in [0.1, 0.15) is 30.3 Å². The first-order chi connectivity index (χ1) is 6.34. The van der Waals surface area contributed by atoms with Crippen LogP contribution in [0.15, 0.2) is 18.3 Å². The lowest BCUT2D eigenvalue weighted by Gasteiger charge is -2.01. The Labute approximate surface area is 77.4 Å². The van der Waals surface area contributed by atoms with Gasteiger partial charge in [0.1, 0.15) is 0 Å². The fourth-order valence-corrected chi connectivity index (χ4v) is 0.892. The van der Waals surface area contributed by atoms with E-state index in [1.165, 1.54) is 0 Å². The van der Waals surface area contributed by atoms with Crippen molar-refractivity contribution in [3.05, 3.63) is 24.0 Å². The van der Waals surface area contributed by atoms with E-state index in [2.05, 4.69) is 22.4 Å². The van der Waals surface area contributed by atoms with Crippen molar-refractivity contribution in [1.82, 2.24) is 15.5 Å². The van der Waals surface area contributed by atoms with E-state index in [0.717, 1.165) is 12.8 Å². The summed E-state index contributed by atoms with van der Waals surface area (Å²) in [7, 11) is 0. The van der Waals surface area contributed by atoms with E-state index in [9.17, 15) is 4.79 Å². The molecular weight excluding hydrogens is 166 g/mol. The second-order valence-electron chi connectivity index (χ2n) is 2.72. The van der Waals surface area contributed by atoms with E-state index in [4.69, 9.17) is 0 Å². The van der Waals surface area contributed by atoms with Gasteiger partial charge in [0.2, 0.25) is 0 Å². The molecule has 1 rings (SSSR count). The fourth-order valence-electron chi connectivity index (χ4n) is 0.892. The van der Waals surface area contributed by atoms with Gasteiger partial charge in [-0.3, -0.25) is 4.79 Å². The quantitative estimate of drug-likeness (QED) is 0.702. The summed E-state index contributed by atoms with van der Waals surface area (Å²) in [6.45, 7) is 2.78. The van der Waals surface area contributed by atoms with Crippen molar-refractivity contribution in [2.24, 2.45) is 0 Å². The largest absolute Gasteiger partial charge is 0.351 e.